The van der Waals surface area contributed by atoms with Crippen molar-refractivity contribution in [3.63, 3.8) is 0 Å². The number of nitrogens with zero attached hydrogens (tertiary/aromatic N) is 6. The molecule has 4 rings (SSSR count). The lowest BCUT2D eigenvalue weighted by atomic mass is 10.1. The van der Waals surface area contributed by atoms with E-state index in [0.29, 0.717) is 41.1 Å². The number of pyridine rings is 1. The first-order valence-electron chi connectivity index (χ1n) is 11.9. The van der Waals surface area contributed by atoms with Crippen LogP contribution in [0.5, 0.6) is 0 Å². The molecule has 3 aromatic heterocycles. The quantitative estimate of drug-likeness (QED) is 0.438. The topological polar surface area (TPSA) is 93.0 Å². The maximum Gasteiger partial charge on any atom is 0.411 e. The predicted molar refractivity (Wildman–Crippen MR) is 128 cm³/mol. The fraction of sp³-hybridized carbons (Fsp3) is 0.565. The molecular formula is C23H31F3N8O. The van der Waals surface area contributed by atoms with E-state index in [-0.39, 0.29) is 13.2 Å². The van der Waals surface area contributed by atoms with E-state index in [1.165, 1.54) is 0 Å². The molecule has 2 N–H and O–H groups in total. The predicted octanol–water partition coefficient (Wildman–Crippen LogP) is 3.60. The molecule has 1 aliphatic heterocycles. The maximum atomic E-state index is 12.5. The average Bonchev–Trinajstić information content (AvgIpc) is 3.20. The Bertz CT molecular complexity index is 1130. The molecular weight excluding hydrogens is 461 g/mol. The molecule has 3 aromatic rings. The lowest BCUT2D eigenvalue weighted by Gasteiger charge is -2.33. The normalized spacial score (nSPS) is 16.7. The number of halogens is 3. The molecule has 1 fully saturated rings. The highest BCUT2D eigenvalue weighted by molar-refractivity contribution is 5.90. The molecule has 1 saturated heterocycles. The van der Waals surface area contributed by atoms with E-state index in [1.54, 1.807) is 10.9 Å². The van der Waals surface area contributed by atoms with E-state index in [4.69, 9.17) is 14.7 Å². The van der Waals surface area contributed by atoms with Crippen LogP contribution >= 0.6 is 0 Å². The summed E-state index contributed by atoms with van der Waals surface area (Å²) in [6.07, 6.45) is -1.01. The van der Waals surface area contributed by atoms with Crippen molar-refractivity contribution in [3.05, 3.63) is 29.6 Å². The standard InChI is InChI=1S/C23H31F3N8O/c1-4-16-13-33(9-8-27-16)22-30-19-17(5-2)32-34(10-11-35-14-23(24,25)26)20(19)21(31-22)29-18-7-6-15(3)12-28-18/h6-7,12,16,27H,4-5,8-11,13-14H2,1-3H3,(H,28,29,30,31)/t16-/m1/s1. The third kappa shape index (κ3) is 6.17. The molecule has 0 aromatic carbocycles. The fourth-order valence-corrected chi connectivity index (χ4v) is 4.04. The Morgan fingerprint density at radius 1 is 1.23 bits per heavy atom. The molecule has 1 atom stereocenters. The smallest absolute Gasteiger partial charge is 0.370 e. The second kappa shape index (κ2) is 10.7. The highest BCUT2D eigenvalue weighted by Crippen LogP contribution is 2.29. The van der Waals surface area contributed by atoms with Crippen molar-refractivity contribution < 1.29 is 17.9 Å². The Morgan fingerprint density at radius 3 is 2.74 bits per heavy atom. The van der Waals surface area contributed by atoms with Crippen LogP contribution in [-0.2, 0) is 17.7 Å². The summed E-state index contributed by atoms with van der Waals surface area (Å²) >= 11 is 0. The van der Waals surface area contributed by atoms with Crippen LogP contribution in [0.15, 0.2) is 18.3 Å². The third-order valence-electron chi connectivity index (χ3n) is 5.88. The van der Waals surface area contributed by atoms with E-state index >= 15 is 0 Å². The van der Waals surface area contributed by atoms with Crippen LogP contribution in [0.25, 0.3) is 11.0 Å². The van der Waals surface area contributed by atoms with Crippen LogP contribution in [0.4, 0.5) is 30.8 Å². The zero-order chi connectivity index (χ0) is 25.0. The molecule has 190 valence electrons. The molecule has 0 amide bonds. The van der Waals surface area contributed by atoms with E-state index in [2.05, 4.69) is 32.5 Å². The molecule has 0 radical (unpaired) electrons. The first kappa shape index (κ1) is 25.1. The van der Waals surface area contributed by atoms with Crippen molar-refractivity contribution in [2.45, 2.75) is 52.4 Å². The van der Waals surface area contributed by atoms with Crippen LogP contribution in [-0.4, -0.2) is 69.8 Å². The average molecular weight is 493 g/mol. The monoisotopic (exact) mass is 492 g/mol. The number of anilines is 3. The summed E-state index contributed by atoms with van der Waals surface area (Å²) in [5.41, 5.74) is 3.07. The van der Waals surface area contributed by atoms with Gasteiger partial charge in [0.25, 0.3) is 0 Å². The minimum Gasteiger partial charge on any atom is -0.370 e. The van der Waals surface area contributed by atoms with Crippen LogP contribution in [0.1, 0.15) is 31.5 Å². The van der Waals surface area contributed by atoms with Gasteiger partial charge < -0.3 is 20.3 Å². The number of alkyl halides is 3. The van der Waals surface area contributed by atoms with Crippen molar-refractivity contribution in [1.29, 1.82) is 0 Å². The molecule has 12 heteroatoms. The van der Waals surface area contributed by atoms with Gasteiger partial charge in [0.1, 0.15) is 23.5 Å². The van der Waals surface area contributed by atoms with Gasteiger partial charge in [-0.05, 0) is 31.4 Å². The SMILES string of the molecule is CCc1nn(CCOCC(F)(F)F)c2c(Nc3ccc(C)cn3)nc(N3CCN[C@H](CC)C3)nc12. The Morgan fingerprint density at radius 2 is 2.06 bits per heavy atom. The van der Waals surface area contributed by atoms with Gasteiger partial charge in [-0.1, -0.05) is 19.9 Å². The first-order chi connectivity index (χ1) is 16.8. The molecule has 0 saturated carbocycles. The summed E-state index contributed by atoms with van der Waals surface area (Å²) in [5.74, 6) is 1.71. The molecule has 0 unspecified atom stereocenters. The first-order valence-corrected chi connectivity index (χ1v) is 11.9. The summed E-state index contributed by atoms with van der Waals surface area (Å²) < 4.78 is 44.0. The van der Waals surface area contributed by atoms with Crippen LogP contribution in [0.3, 0.4) is 0 Å². The van der Waals surface area contributed by atoms with Gasteiger partial charge in [0.2, 0.25) is 5.95 Å². The molecule has 9 nitrogen and oxygen atoms in total. The summed E-state index contributed by atoms with van der Waals surface area (Å²) in [6, 6.07) is 4.14. The number of ether oxygens (including phenoxy) is 1. The summed E-state index contributed by atoms with van der Waals surface area (Å²) in [5, 5.41) is 11.4. The summed E-state index contributed by atoms with van der Waals surface area (Å²) in [7, 11) is 0. The van der Waals surface area contributed by atoms with Crippen LogP contribution in [0.2, 0.25) is 0 Å². The van der Waals surface area contributed by atoms with Gasteiger partial charge >= 0.3 is 6.18 Å². The summed E-state index contributed by atoms with van der Waals surface area (Å²) in [4.78, 5) is 16.3. The molecule has 0 bridgehead atoms. The van der Waals surface area contributed by atoms with Gasteiger partial charge in [-0.25, -0.2) is 9.97 Å². The van der Waals surface area contributed by atoms with E-state index in [0.717, 1.165) is 37.3 Å². The largest absolute Gasteiger partial charge is 0.411 e. The lowest BCUT2D eigenvalue weighted by Crippen LogP contribution is -2.51. The van der Waals surface area contributed by atoms with Crippen molar-refractivity contribution in [2.24, 2.45) is 0 Å². The van der Waals surface area contributed by atoms with Gasteiger partial charge in [0, 0.05) is 31.9 Å². The number of piperazine rings is 1. The van der Waals surface area contributed by atoms with Crippen molar-refractivity contribution in [2.75, 3.05) is 43.1 Å². The van der Waals surface area contributed by atoms with Gasteiger partial charge in [-0.15, -0.1) is 0 Å². The van der Waals surface area contributed by atoms with E-state index < -0.39 is 12.8 Å². The zero-order valence-electron chi connectivity index (χ0n) is 20.2. The Balaban J connectivity index is 1.72. The Labute approximate surface area is 202 Å². The molecule has 0 spiro atoms. The van der Waals surface area contributed by atoms with Crippen molar-refractivity contribution >= 4 is 28.6 Å². The third-order valence-corrected chi connectivity index (χ3v) is 5.88. The van der Waals surface area contributed by atoms with Crippen LogP contribution < -0.4 is 15.5 Å². The van der Waals surface area contributed by atoms with Gasteiger partial charge in [0.05, 0.1) is 18.8 Å². The van der Waals surface area contributed by atoms with Gasteiger partial charge in [-0.3, -0.25) is 4.68 Å². The number of fused-ring (bicyclic) bond motifs is 1. The van der Waals surface area contributed by atoms with Crippen molar-refractivity contribution in [1.82, 2.24) is 30.0 Å². The minimum atomic E-state index is -4.37. The number of aromatic nitrogens is 5. The number of rotatable bonds is 9. The highest BCUT2D eigenvalue weighted by atomic mass is 19.4. The number of hydrogen-bond acceptors (Lipinski definition) is 8. The summed E-state index contributed by atoms with van der Waals surface area (Å²) in [6.45, 7) is 7.15. The lowest BCUT2D eigenvalue weighted by molar-refractivity contribution is -0.174. The molecule has 4 heterocycles. The second-order valence-electron chi connectivity index (χ2n) is 8.61. The van der Waals surface area contributed by atoms with E-state index in [9.17, 15) is 13.2 Å². The van der Waals surface area contributed by atoms with E-state index in [1.807, 2.05) is 26.0 Å². The minimum absolute atomic E-state index is 0.136. The van der Waals surface area contributed by atoms with Gasteiger partial charge in [-0.2, -0.15) is 23.3 Å². The second-order valence-corrected chi connectivity index (χ2v) is 8.61. The van der Waals surface area contributed by atoms with Crippen molar-refractivity contribution in [3.8, 4) is 0 Å². The zero-order valence-corrected chi connectivity index (χ0v) is 20.2. The number of aryl methyl sites for hydroxylation is 2. The fourth-order valence-electron chi connectivity index (χ4n) is 4.04. The number of nitrogens with one attached hydrogen (secondary N) is 2. The highest BCUT2D eigenvalue weighted by Gasteiger charge is 2.28. The van der Waals surface area contributed by atoms with Gasteiger partial charge in [0.15, 0.2) is 5.82 Å². The Kier molecular flexibility index (Phi) is 7.70. The molecule has 1 aliphatic rings. The number of hydrogen-bond donors (Lipinski definition) is 2. The van der Waals surface area contributed by atoms with Crippen LogP contribution in [0, 0.1) is 6.92 Å². The Hall–Kier alpha value is -2.99. The molecule has 35 heavy (non-hydrogen) atoms. The maximum absolute atomic E-state index is 12.5. The molecule has 0 aliphatic carbocycles.